The molecule has 0 unspecified atom stereocenters. The van der Waals surface area contributed by atoms with Gasteiger partial charge in [-0.15, -0.1) is 11.3 Å². The maximum Gasteiger partial charge on any atom is 0.348 e. The molecule has 0 radical (unpaired) electrons. The number of esters is 1. The third kappa shape index (κ3) is 4.68. The molecule has 2 rings (SSSR count). The van der Waals surface area contributed by atoms with Crippen molar-refractivity contribution in [2.75, 3.05) is 6.61 Å². The number of hydrogen-bond donors (Lipinski definition) is 1. The Balaban J connectivity index is 1.78. The highest BCUT2D eigenvalue weighted by molar-refractivity contribution is 9.10. The second kappa shape index (κ2) is 7.38. The lowest BCUT2D eigenvalue weighted by Gasteiger charge is -2.07. The summed E-state index contributed by atoms with van der Waals surface area (Å²) in [5.41, 5.74) is 0.964. The SMILES string of the molecule is Cc1ccc(C(=O)OCC(=O)NCc2ccccc2Br)s1. The van der Waals surface area contributed by atoms with E-state index >= 15 is 0 Å². The summed E-state index contributed by atoms with van der Waals surface area (Å²) in [5, 5.41) is 2.71. The Morgan fingerprint density at radius 3 is 2.67 bits per heavy atom. The van der Waals surface area contributed by atoms with Crippen LogP contribution in [0.5, 0.6) is 0 Å². The minimum Gasteiger partial charge on any atom is -0.451 e. The molecule has 1 aromatic carbocycles. The lowest BCUT2D eigenvalue weighted by molar-refractivity contribution is -0.124. The van der Waals surface area contributed by atoms with Crippen LogP contribution >= 0.6 is 27.3 Å². The topological polar surface area (TPSA) is 55.4 Å². The van der Waals surface area contributed by atoms with Crippen molar-refractivity contribution in [1.82, 2.24) is 5.32 Å². The van der Waals surface area contributed by atoms with E-state index in [1.165, 1.54) is 11.3 Å². The molecule has 0 aliphatic carbocycles. The Bertz CT molecular complexity index is 654. The Labute approximate surface area is 135 Å². The van der Waals surface area contributed by atoms with Crippen LogP contribution in [-0.2, 0) is 16.1 Å². The van der Waals surface area contributed by atoms with Crippen LogP contribution in [-0.4, -0.2) is 18.5 Å². The van der Waals surface area contributed by atoms with Crippen LogP contribution in [0.3, 0.4) is 0 Å². The zero-order valence-electron chi connectivity index (χ0n) is 11.4. The van der Waals surface area contributed by atoms with Gasteiger partial charge in [0.05, 0.1) is 0 Å². The molecule has 110 valence electrons. The average molecular weight is 368 g/mol. The molecule has 1 heterocycles. The van der Waals surface area contributed by atoms with E-state index in [-0.39, 0.29) is 12.5 Å². The second-order valence-corrected chi connectivity index (χ2v) is 6.50. The number of benzene rings is 1. The molecule has 0 bridgehead atoms. The third-order valence-electron chi connectivity index (χ3n) is 2.71. The minimum absolute atomic E-state index is 0.278. The Morgan fingerprint density at radius 1 is 1.24 bits per heavy atom. The van der Waals surface area contributed by atoms with Crippen LogP contribution < -0.4 is 5.32 Å². The molecule has 0 aliphatic heterocycles. The van der Waals surface area contributed by atoms with Gasteiger partial charge < -0.3 is 10.1 Å². The van der Waals surface area contributed by atoms with E-state index in [4.69, 9.17) is 4.74 Å². The fourth-order valence-electron chi connectivity index (χ4n) is 1.63. The first-order valence-corrected chi connectivity index (χ1v) is 7.91. The summed E-state index contributed by atoms with van der Waals surface area (Å²) in [5.74, 6) is -0.795. The van der Waals surface area contributed by atoms with Crippen LogP contribution in [0.1, 0.15) is 20.1 Å². The second-order valence-electron chi connectivity index (χ2n) is 4.35. The van der Waals surface area contributed by atoms with Gasteiger partial charge in [0.25, 0.3) is 5.91 Å². The maximum atomic E-state index is 11.7. The predicted molar refractivity (Wildman–Crippen MR) is 85.3 cm³/mol. The summed E-state index contributed by atoms with van der Waals surface area (Å²) < 4.78 is 5.90. The minimum atomic E-state index is -0.468. The molecule has 2 aromatic rings. The number of carbonyl (C=O) groups is 2. The van der Waals surface area contributed by atoms with Crippen molar-refractivity contribution in [2.45, 2.75) is 13.5 Å². The van der Waals surface area contributed by atoms with Crippen LogP contribution in [0.25, 0.3) is 0 Å². The number of ether oxygens (including phenoxy) is 1. The third-order valence-corrected chi connectivity index (χ3v) is 4.46. The van der Waals surface area contributed by atoms with Crippen molar-refractivity contribution in [3.63, 3.8) is 0 Å². The first-order valence-electron chi connectivity index (χ1n) is 6.30. The maximum absolute atomic E-state index is 11.7. The largest absolute Gasteiger partial charge is 0.451 e. The summed E-state index contributed by atoms with van der Waals surface area (Å²) >= 11 is 4.75. The number of thiophene rings is 1. The van der Waals surface area contributed by atoms with Crippen molar-refractivity contribution in [3.8, 4) is 0 Å². The van der Waals surface area contributed by atoms with Gasteiger partial charge in [0, 0.05) is 15.9 Å². The van der Waals surface area contributed by atoms with E-state index in [9.17, 15) is 9.59 Å². The summed E-state index contributed by atoms with van der Waals surface area (Å²) in [6, 6.07) is 11.1. The first-order chi connectivity index (χ1) is 10.1. The van der Waals surface area contributed by atoms with E-state index in [1.54, 1.807) is 6.07 Å². The molecule has 0 saturated carbocycles. The van der Waals surface area contributed by atoms with Gasteiger partial charge in [-0.3, -0.25) is 4.79 Å². The number of carbonyl (C=O) groups excluding carboxylic acids is 2. The first kappa shape index (κ1) is 15.7. The molecule has 1 aromatic heterocycles. The Kier molecular flexibility index (Phi) is 5.52. The smallest absolute Gasteiger partial charge is 0.348 e. The molecule has 21 heavy (non-hydrogen) atoms. The molecule has 1 N–H and O–H groups in total. The monoisotopic (exact) mass is 367 g/mol. The molecule has 0 fully saturated rings. The van der Waals surface area contributed by atoms with Crippen molar-refractivity contribution in [1.29, 1.82) is 0 Å². The van der Waals surface area contributed by atoms with E-state index in [2.05, 4.69) is 21.2 Å². The highest BCUT2D eigenvalue weighted by atomic mass is 79.9. The number of halogens is 1. The standard InChI is InChI=1S/C15H14BrNO3S/c1-10-6-7-13(21-10)15(19)20-9-14(18)17-8-11-4-2-3-5-12(11)16/h2-7H,8-9H2,1H3,(H,17,18). The number of amides is 1. The number of nitrogens with one attached hydrogen (secondary N) is 1. The van der Waals surface area contributed by atoms with Crippen LogP contribution in [0, 0.1) is 6.92 Å². The Morgan fingerprint density at radius 2 is 2.00 bits per heavy atom. The molecular formula is C15H14BrNO3S. The number of rotatable bonds is 5. The number of aryl methyl sites for hydroxylation is 1. The average Bonchev–Trinajstić information content (AvgIpc) is 2.90. The van der Waals surface area contributed by atoms with Crippen LogP contribution in [0.2, 0.25) is 0 Å². The summed E-state index contributed by atoms with van der Waals surface area (Å²) in [6.07, 6.45) is 0. The van der Waals surface area contributed by atoms with E-state index in [0.29, 0.717) is 11.4 Å². The highest BCUT2D eigenvalue weighted by Gasteiger charge is 2.12. The van der Waals surface area contributed by atoms with E-state index in [1.807, 2.05) is 37.3 Å². The quantitative estimate of drug-likeness (QED) is 0.824. The van der Waals surface area contributed by atoms with Gasteiger partial charge in [0.2, 0.25) is 0 Å². The Hall–Kier alpha value is -1.66. The fourth-order valence-corrected chi connectivity index (χ4v) is 2.82. The zero-order chi connectivity index (χ0) is 15.2. The van der Waals surface area contributed by atoms with Gasteiger partial charge in [0.1, 0.15) is 4.88 Å². The molecule has 0 saturated heterocycles. The van der Waals surface area contributed by atoms with Gasteiger partial charge >= 0.3 is 5.97 Å². The molecule has 0 atom stereocenters. The van der Waals surface area contributed by atoms with Crippen molar-refractivity contribution in [3.05, 3.63) is 56.2 Å². The highest BCUT2D eigenvalue weighted by Crippen LogP contribution is 2.16. The lowest BCUT2D eigenvalue weighted by atomic mass is 10.2. The van der Waals surface area contributed by atoms with Gasteiger partial charge in [-0.1, -0.05) is 34.1 Å². The summed E-state index contributed by atoms with van der Waals surface area (Å²) in [4.78, 5) is 24.9. The van der Waals surface area contributed by atoms with Crippen LogP contribution in [0.4, 0.5) is 0 Å². The van der Waals surface area contributed by atoms with Crippen LogP contribution in [0.15, 0.2) is 40.9 Å². The van der Waals surface area contributed by atoms with Crippen molar-refractivity contribution >= 4 is 39.1 Å². The van der Waals surface area contributed by atoms with E-state index in [0.717, 1.165) is 14.9 Å². The molecule has 0 aliphatic rings. The van der Waals surface area contributed by atoms with Crippen molar-refractivity contribution < 1.29 is 14.3 Å². The van der Waals surface area contributed by atoms with Gasteiger partial charge in [-0.05, 0) is 30.7 Å². The van der Waals surface area contributed by atoms with Gasteiger partial charge in [-0.25, -0.2) is 4.79 Å². The lowest BCUT2D eigenvalue weighted by Crippen LogP contribution is -2.28. The fraction of sp³-hybridized carbons (Fsp3) is 0.200. The van der Waals surface area contributed by atoms with Crippen molar-refractivity contribution in [2.24, 2.45) is 0 Å². The molecule has 4 nitrogen and oxygen atoms in total. The zero-order valence-corrected chi connectivity index (χ0v) is 13.8. The summed E-state index contributed by atoms with van der Waals surface area (Å²) in [7, 11) is 0. The molecule has 0 spiro atoms. The predicted octanol–water partition coefficient (Wildman–Crippen LogP) is 3.29. The van der Waals surface area contributed by atoms with Gasteiger partial charge in [-0.2, -0.15) is 0 Å². The van der Waals surface area contributed by atoms with E-state index < -0.39 is 5.97 Å². The normalized spacial score (nSPS) is 10.2. The number of hydrogen-bond acceptors (Lipinski definition) is 4. The van der Waals surface area contributed by atoms with Gasteiger partial charge in [0.15, 0.2) is 6.61 Å². The molecule has 6 heteroatoms. The molecular weight excluding hydrogens is 354 g/mol. The molecule has 1 amide bonds. The summed E-state index contributed by atoms with van der Waals surface area (Å²) in [6.45, 7) is 2.02.